The summed E-state index contributed by atoms with van der Waals surface area (Å²) in [5.41, 5.74) is 0. The van der Waals surface area contributed by atoms with Gasteiger partial charge in [0, 0.05) is 0 Å². The van der Waals surface area contributed by atoms with Crippen molar-refractivity contribution in [3.8, 4) is 0 Å². The summed E-state index contributed by atoms with van der Waals surface area (Å²) in [7, 11) is 0. The van der Waals surface area contributed by atoms with Crippen LogP contribution in [0.1, 0.15) is 61.3 Å². The summed E-state index contributed by atoms with van der Waals surface area (Å²) in [6.07, 6.45) is 1.27. The molecule has 136 valence electrons. The fourth-order valence-electron chi connectivity index (χ4n) is 4.25. The van der Waals surface area contributed by atoms with Crippen LogP contribution in [0.3, 0.4) is 0 Å². The lowest BCUT2D eigenvalue weighted by Crippen LogP contribution is -2.55. The molecule has 2 heterocycles. The summed E-state index contributed by atoms with van der Waals surface area (Å²) in [6.45, 7) is 15.1. The van der Waals surface area contributed by atoms with Gasteiger partial charge in [0.05, 0.1) is 24.4 Å². The average molecular weight is 328 g/mol. The third-order valence-electron chi connectivity index (χ3n) is 6.42. The molecule has 0 bridgehead atoms. The predicted molar refractivity (Wildman–Crippen MR) is 91.1 cm³/mol. The largest absolute Gasteiger partial charge is 0.388 e. The van der Waals surface area contributed by atoms with Crippen LogP contribution < -0.4 is 0 Å². The topological polar surface area (TPSA) is 47.9 Å². The lowest BCUT2D eigenvalue weighted by molar-refractivity contribution is -0.312. The van der Waals surface area contributed by atoms with Crippen molar-refractivity contribution in [2.24, 2.45) is 23.7 Å². The Kier molecular flexibility index (Phi) is 6.51. The highest BCUT2D eigenvalue weighted by Crippen LogP contribution is 2.38. The van der Waals surface area contributed by atoms with E-state index in [0.717, 1.165) is 12.8 Å². The molecule has 0 aromatic rings. The number of ether oxygens (including phenoxy) is 3. The van der Waals surface area contributed by atoms with Crippen molar-refractivity contribution in [3.05, 3.63) is 0 Å². The molecule has 4 unspecified atom stereocenters. The molecule has 0 aliphatic carbocycles. The van der Waals surface area contributed by atoms with Crippen LogP contribution in [0.4, 0.5) is 0 Å². The van der Waals surface area contributed by atoms with E-state index < -0.39 is 12.4 Å². The van der Waals surface area contributed by atoms with Crippen molar-refractivity contribution in [2.75, 3.05) is 0 Å². The Morgan fingerprint density at radius 2 is 1.30 bits per heavy atom. The highest BCUT2D eigenvalue weighted by molar-refractivity contribution is 4.89. The lowest BCUT2D eigenvalue weighted by Gasteiger charge is -2.48. The normalized spacial score (nSPS) is 51.7. The maximum absolute atomic E-state index is 10.6. The molecule has 4 heteroatoms. The number of rotatable bonds is 4. The van der Waals surface area contributed by atoms with Gasteiger partial charge in [-0.1, -0.05) is 41.5 Å². The molecule has 23 heavy (non-hydrogen) atoms. The Balaban J connectivity index is 2.08. The molecule has 0 amide bonds. The molecule has 2 fully saturated rings. The zero-order valence-corrected chi connectivity index (χ0v) is 15.9. The number of aliphatic hydroxyl groups is 1. The van der Waals surface area contributed by atoms with E-state index in [1.165, 1.54) is 0 Å². The zero-order chi connectivity index (χ0) is 17.3. The Hall–Kier alpha value is -0.160. The fraction of sp³-hybridized carbons (Fsp3) is 1.00. The Morgan fingerprint density at radius 1 is 0.783 bits per heavy atom. The minimum Gasteiger partial charge on any atom is -0.388 e. The molecule has 2 aliphatic rings. The monoisotopic (exact) mass is 328 g/mol. The van der Waals surface area contributed by atoms with Crippen LogP contribution in [0.25, 0.3) is 0 Å². The van der Waals surface area contributed by atoms with Crippen LogP contribution in [0.15, 0.2) is 0 Å². The smallest absolute Gasteiger partial charge is 0.184 e. The molecule has 0 aromatic carbocycles. The highest BCUT2D eigenvalue weighted by atomic mass is 16.7. The average Bonchev–Trinajstić information content (AvgIpc) is 2.54. The highest BCUT2D eigenvalue weighted by Gasteiger charge is 2.45. The molecular weight excluding hydrogens is 292 g/mol. The first-order valence-corrected chi connectivity index (χ1v) is 9.46. The van der Waals surface area contributed by atoms with Crippen LogP contribution in [0.5, 0.6) is 0 Å². The van der Waals surface area contributed by atoms with Gasteiger partial charge in [-0.2, -0.15) is 0 Å². The van der Waals surface area contributed by atoms with Crippen LogP contribution in [-0.2, 0) is 14.2 Å². The van der Waals surface area contributed by atoms with E-state index >= 15 is 0 Å². The van der Waals surface area contributed by atoms with Gasteiger partial charge in [-0.05, 0) is 43.4 Å². The van der Waals surface area contributed by atoms with E-state index in [1.807, 2.05) is 0 Å². The Bertz CT molecular complexity index is 372. The summed E-state index contributed by atoms with van der Waals surface area (Å²) in [6, 6.07) is 0. The second kappa shape index (κ2) is 7.81. The van der Waals surface area contributed by atoms with Gasteiger partial charge in [-0.15, -0.1) is 0 Å². The molecule has 2 aliphatic heterocycles. The second-order valence-corrected chi connectivity index (χ2v) is 7.77. The van der Waals surface area contributed by atoms with E-state index in [0.29, 0.717) is 23.9 Å². The second-order valence-electron chi connectivity index (χ2n) is 7.77. The summed E-state index contributed by atoms with van der Waals surface area (Å²) < 4.78 is 18.5. The van der Waals surface area contributed by atoms with E-state index in [9.17, 15) is 5.11 Å². The third kappa shape index (κ3) is 3.76. The number of aliphatic hydroxyl groups excluding tert-OH is 1. The molecule has 0 saturated carbocycles. The van der Waals surface area contributed by atoms with Crippen molar-refractivity contribution in [3.63, 3.8) is 0 Å². The van der Waals surface area contributed by atoms with Crippen molar-refractivity contribution < 1.29 is 19.3 Å². The predicted octanol–water partition coefficient (Wildman–Crippen LogP) is 3.61. The Morgan fingerprint density at radius 3 is 1.87 bits per heavy atom. The maximum atomic E-state index is 10.6. The maximum Gasteiger partial charge on any atom is 0.184 e. The van der Waals surface area contributed by atoms with Gasteiger partial charge in [0.15, 0.2) is 6.29 Å². The van der Waals surface area contributed by atoms with E-state index in [1.54, 1.807) is 0 Å². The summed E-state index contributed by atoms with van der Waals surface area (Å²) in [5, 5.41) is 10.6. The quantitative estimate of drug-likeness (QED) is 0.856. The van der Waals surface area contributed by atoms with Crippen molar-refractivity contribution in [1.82, 2.24) is 0 Å². The van der Waals surface area contributed by atoms with Crippen LogP contribution in [0.2, 0.25) is 0 Å². The van der Waals surface area contributed by atoms with E-state index in [2.05, 4.69) is 48.5 Å². The molecule has 0 spiro atoms. The molecule has 1 N–H and O–H groups in total. The van der Waals surface area contributed by atoms with Crippen molar-refractivity contribution in [2.45, 2.75) is 98.1 Å². The molecule has 4 nitrogen and oxygen atoms in total. The van der Waals surface area contributed by atoms with Gasteiger partial charge in [-0.25, -0.2) is 0 Å². The standard InChI is InChI=1S/C19H36O4/c1-8-15-11(4)13(6)18(14(7)21-15)23-19-17(20)12(5)10(3)16(9-2)22-19/h10-20H,8-9H2,1-7H3/t10-,11-,12+,13+,14+,15?,16?,17?,18?,19+/m1/s1. The van der Waals surface area contributed by atoms with Gasteiger partial charge in [-0.3, -0.25) is 0 Å². The Labute approximate surface area is 141 Å². The summed E-state index contributed by atoms with van der Waals surface area (Å²) in [4.78, 5) is 0. The zero-order valence-electron chi connectivity index (χ0n) is 15.9. The van der Waals surface area contributed by atoms with E-state index in [4.69, 9.17) is 14.2 Å². The van der Waals surface area contributed by atoms with Crippen molar-refractivity contribution in [1.29, 1.82) is 0 Å². The van der Waals surface area contributed by atoms with Crippen LogP contribution in [-0.4, -0.2) is 41.9 Å². The van der Waals surface area contributed by atoms with Gasteiger partial charge >= 0.3 is 0 Å². The first kappa shape index (κ1) is 19.2. The molecule has 10 atom stereocenters. The fourth-order valence-corrected chi connectivity index (χ4v) is 4.25. The minimum atomic E-state index is -0.577. The SMILES string of the molecule is CCC1O[C@@H](OC2[C@H](C)OC(CC)[C@H](C)[C@@H]2C)C(O)[C@@H](C)[C@H]1C. The first-order chi connectivity index (χ1) is 10.8. The van der Waals surface area contributed by atoms with Gasteiger partial charge in [0.25, 0.3) is 0 Å². The van der Waals surface area contributed by atoms with Gasteiger partial charge in [0.2, 0.25) is 0 Å². The van der Waals surface area contributed by atoms with Crippen LogP contribution in [0, 0.1) is 23.7 Å². The van der Waals surface area contributed by atoms with Crippen molar-refractivity contribution >= 4 is 0 Å². The summed E-state index contributed by atoms with van der Waals surface area (Å²) >= 11 is 0. The minimum absolute atomic E-state index is 0.0247. The third-order valence-corrected chi connectivity index (χ3v) is 6.42. The van der Waals surface area contributed by atoms with Crippen LogP contribution >= 0.6 is 0 Å². The molecule has 0 aromatic heterocycles. The number of hydrogen-bond donors (Lipinski definition) is 1. The molecule has 2 rings (SSSR count). The van der Waals surface area contributed by atoms with E-state index in [-0.39, 0.29) is 24.2 Å². The molecule has 0 radical (unpaired) electrons. The first-order valence-electron chi connectivity index (χ1n) is 9.46. The van der Waals surface area contributed by atoms with Gasteiger partial charge in [0.1, 0.15) is 6.10 Å². The molecular formula is C19H36O4. The number of hydrogen-bond acceptors (Lipinski definition) is 4. The lowest BCUT2D eigenvalue weighted by atomic mass is 9.80. The van der Waals surface area contributed by atoms with Gasteiger partial charge < -0.3 is 19.3 Å². The molecule has 2 saturated heterocycles. The summed E-state index contributed by atoms with van der Waals surface area (Å²) in [5.74, 6) is 1.35.